The first-order chi connectivity index (χ1) is 23.8. The van der Waals surface area contributed by atoms with Gasteiger partial charge in [-0.3, -0.25) is 18.6 Å². The van der Waals surface area contributed by atoms with Crippen LogP contribution in [0.1, 0.15) is 129 Å². The van der Waals surface area contributed by atoms with E-state index in [2.05, 4.69) is 92.1 Å². The lowest BCUT2D eigenvalue weighted by Crippen LogP contribution is -2.27. The van der Waals surface area contributed by atoms with Crippen LogP contribution in [0.25, 0.3) is 0 Å². The second kappa shape index (κ2) is 35.3. The molecule has 0 aromatic carbocycles. The van der Waals surface area contributed by atoms with E-state index in [1.54, 1.807) is 0 Å². The van der Waals surface area contributed by atoms with E-state index in [-0.39, 0.29) is 32.1 Å². The van der Waals surface area contributed by atoms with Crippen molar-refractivity contribution in [3.05, 3.63) is 72.9 Å². The summed E-state index contributed by atoms with van der Waals surface area (Å²) in [4.78, 5) is 33.7. The largest absolute Gasteiger partial charge is 0.472 e. The molecule has 1 amide bonds. The second-order valence-corrected chi connectivity index (χ2v) is 13.2. The molecule has 2 atom stereocenters. The van der Waals surface area contributed by atoms with Crippen LogP contribution in [0.5, 0.6) is 0 Å². The molecule has 0 aromatic heterocycles. The predicted molar refractivity (Wildman–Crippen MR) is 201 cm³/mol. The average Bonchev–Trinajstić information content (AvgIpc) is 3.08. The maximum atomic E-state index is 12.0. The zero-order valence-corrected chi connectivity index (χ0v) is 31.2. The molecule has 0 heterocycles. The molecule has 9 nitrogen and oxygen atoms in total. The number of nitrogens with one attached hydrogen (secondary N) is 1. The van der Waals surface area contributed by atoms with Crippen LogP contribution in [0.15, 0.2) is 72.9 Å². The normalized spacial score (nSPS) is 14.3. The number of ether oxygens (including phenoxy) is 1. The maximum absolute atomic E-state index is 12.0. The highest BCUT2D eigenvalue weighted by molar-refractivity contribution is 7.47. The van der Waals surface area contributed by atoms with E-state index < -0.39 is 26.5 Å². The van der Waals surface area contributed by atoms with Gasteiger partial charge in [0.1, 0.15) is 12.7 Å². The number of allylic oxidation sites excluding steroid dienone is 12. The number of unbranched alkanes of at least 4 members (excludes halogenated alkanes) is 8. The lowest BCUT2D eigenvalue weighted by molar-refractivity contribution is -0.147. The number of esters is 1. The van der Waals surface area contributed by atoms with Crippen molar-refractivity contribution in [1.29, 1.82) is 0 Å². The Morgan fingerprint density at radius 1 is 0.633 bits per heavy atom. The molecule has 0 aromatic rings. The zero-order chi connectivity index (χ0) is 36.1. The SMILES string of the molecule is CC/C=C\C/C=C\C/C=C\CCCCCCCC(=O)OCC(O)COP(=O)(O)OCCNC(=O)CCCCC/C=C\C/C=C\C/C=C\CC. The Kier molecular flexibility index (Phi) is 33.4. The maximum Gasteiger partial charge on any atom is 0.472 e. The summed E-state index contributed by atoms with van der Waals surface area (Å²) >= 11 is 0. The first kappa shape index (κ1) is 46.5. The van der Waals surface area contributed by atoms with Gasteiger partial charge < -0.3 is 20.1 Å². The van der Waals surface area contributed by atoms with Crippen LogP contribution < -0.4 is 5.32 Å². The molecular weight excluding hydrogens is 641 g/mol. The van der Waals surface area contributed by atoms with Crippen molar-refractivity contribution in [1.82, 2.24) is 5.32 Å². The first-order valence-corrected chi connectivity index (χ1v) is 19.9. The van der Waals surface area contributed by atoms with Gasteiger partial charge >= 0.3 is 13.8 Å². The number of aliphatic hydroxyl groups excluding tert-OH is 1. The average molecular weight is 708 g/mol. The number of aliphatic hydroxyl groups is 1. The van der Waals surface area contributed by atoms with Gasteiger partial charge in [0.05, 0.1) is 13.2 Å². The van der Waals surface area contributed by atoms with E-state index in [0.717, 1.165) is 96.3 Å². The Bertz CT molecular complexity index is 1030. The fourth-order valence-corrected chi connectivity index (χ4v) is 5.16. The van der Waals surface area contributed by atoms with Gasteiger partial charge in [-0.2, -0.15) is 0 Å². The van der Waals surface area contributed by atoms with Crippen LogP contribution in [0.3, 0.4) is 0 Å². The molecule has 0 spiro atoms. The Morgan fingerprint density at radius 2 is 1.10 bits per heavy atom. The Labute approximate surface area is 297 Å². The van der Waals surface area contributed by atoms with Gasteiger partial charge in [0.2, 0.25) is 5.91 Å². The van der Waals surface area contributed by atoms with E-state index in [9.17, 15) is 24.2 Å². The molecule has 280 valence electrons. The summed E-state index contributed by atoms with van der Waals surface area (Å²) in [6.07, 6.45) is 41.2. The molecule has 0 radical (unpaired) electrons. The monoisotopic (exact) mass is 707 g/mol. The molecule has 0 saturated carbocycles. The summed E-state index contributed by atoms with van der Waals surface area (Å²) in [6, 6.07) is 0. The minimum atomic E-state index is -4.43. The van der Waals surface area contributed by atoms with Gasteiger partial charge in [-0.1, -0.05) is 112 Å². The summed E-state index contributed by atoms with van der Waals surface area (Å²) in [5.74, 6) is -0.573. The highest BCUT2D eigenvalue weighted by Crippen LogP contribution is 2.42. The predicted octanol–water partition coefficient (Wildman–Crippen LogP) is 9.54. The highest BCUT2D eigenvalue weighted by atomic mass is 31.2. The summed E-state index contributed by atoms with van der Waals surface area (Å²) in [5, 5.41) is 12.6. The molecule has 0 saturated heterocycles. The fourth-order valence-electron chi connectivity index (χ4n) is 4.41. The van der Waals surface area contributed by atoms with Crippen molar-refractivity contribution in [3.8, 4) is 0 Å². The third-order valence-electron chi connectivity index (χ3n) is 7.13. The number of phosphoric ester groups is 1. The van der Waals surface area contributed by atoms with Crippen molar-refractivity contribution in [2.75, 3.05) is 26.4 Å². The van der Waals surface area contributed by atoms with Crippen LogP contribution in [0, 0.1) is 0 Å². The quantitative estimate of drug-likeness (QED) is 0.0266. The summed E-state index contributed by atoms with van der Waals surface area (Å²) in [7, 11) is -4.43. The van der Waals surface area contributed by atoms with Gasteiger partial charge in [-0.15, -0.1) is 0 Å². The Morgan fingerprint density at radius 3 is 1.67 bits per heavy atom. The van der Waals surface area contributed by atoms with Crippen molar-refractivity contribution in [2.24, 2.45) is 0 Å². The smallest absolute Gasteiger partial charge is 0.463 e. The van der Waals surface area contributed by atoms with E-state index >= 15 is 0 Å². The minimum Gasteiger partial charge on any atom is -0.463 e. The number of phosphoric acid groups is 1. The Hall–Kier alpha value is -2.55. The number of carbonyl (C=O) groups is 2. The van der Waals surface area contributed by atoms with Crippen LogP contribution in [-0.2, 0) is 27.9 Å². The summed E-state index contributed by atoms with van der Waals surface area (Å²) in [5.41, 5.74) is 0. The lowest BCUT2D eigenvalue weighted by atomic mass is 10.1. The van der Waals surface area contributed by atoms with Gasteiger partial charge in [0, 0.05) is 19.4 Å². The standard InChI is InChI=1S/C39H66NO8P/c1-3-5-7-9-11-13-15-17-18-20-22-24-26-28-30-32-39(43)46-35-37(41)36-48-49(44,45)47-34-33-40-38(42)31-29-27-25-23-21-19-16-14-12-10-8-6-4-2/h5-8,11-14,17-19,21,37,41H,3-4,9-10,15-16,20,22-36H2,1-2H3,(H,40,42)(H,44,45)/b7-5-,8-6-,13-11-,14-12-,18-17-,21-19-. The Balaban J connectivity index is 3.72. The van der Waals surface area contributed by atoms with Crippen molar-refractivity contribution in [2.45, 2.75) is 136 Å². The van der Waals surface area contributed by atoms with Crippen LogP contribution >= 0.6 is 7.82 Å². The van der Waals surface area contributed by atoms with Crippen LogP contribution in [-0.4, -0.2) is 54.3 Å². The molecule has 0 bridgehead atoms. The molecule has 0 aliphatic carbocycles. The molecule has 2 unspecified atom stereocenters. The van der Waals surface area contributed by atoms with Crippen LogP contribution in [0.2, 0.25) is 0 Å². The van der Waals surface area contributed by atoms with Crippen LogP contribution in [0.4, 0.5) is 0 Å². The van der Waals surface area contributed by atoms with Gasteiger partial charge in [0.15, 0.2) is 0 Å². The third kappa shape index (κ3) is 36.6. The number of rotatable bonds is 33. The van der Waals surface area contributed by atoms with E-state index in [1.807, 2.05) is 0 Å². The number of hydrogen-bond acceptors (Lipinski definition) is 7. The number of amides is 1. The van der Waals surface area contributed by atoms with Gasteiger partial charge in [-0.05, 0) is 77.0 Å². The highest BCUT2D eigenvalue weighted by Gasteiger charge is 2.23. The number of hydrogen-bond donors (Lipinski definition) is 3. The molecule has 10 heteroatoms. The van der Waals surface area contributed by atoms with E-state index in [4.69, 9.17) is 13.8 Å². The zero-order valence-electron chi connectivity index (χ0n) is 30.4. The van der Waals surface area contributed by atoms with Crippen molar-refractivity contribution < 1.29 is 37.9 Å². The summed E-state index contributed by atoms with van der Waals surface area (Å²) in [6.45, 7) is 3.23. The van der Waals surface area contributed by atoms with Gasteiger partial charge in [-0.25, -0.2) is 4.57 Å². The lowest BCUT2D eigenvalue weighted by Gasteiger charge is -2.15. The summed E-state index contributed by atoms with van der Waals surface area (Å²) < 4.78 is 26.7. The fraction of sp³-hybridized carbons (Fsp3) is 0.641. The second-order valence-electron chi connectivity index (χ2n) is 11.8. The van der Waals surface area contributed by atoms with E-state index in [0.29, 0.717) is 12.8 Å². The van der Waals surface area contributed by atoms with Crippen molar-refractivity contribution in [3.63, 3.8) is 0 Å². The third-order valence-corrected chi connectivity index (χ3v) is 8.12. The van der Waals surface area contributed by atoms with Gasteiger partial charge in [0.25, 0.3) is 0 Å². The molecule has 0 aliphatic rings. The molecule has 0 rings (SSSR count). The molecule has 0 fully saturated rings. The molecule has 0 aliphatic heterocycles. The minimum absolute atomic E-state index is 0.0594. The first-order valence-electron chi connectivity index (χ1n) is 18.4. The molecular formula is C39H66NO8P. The topological polar surface area (TPSA) is 131 Å². The van der Waals surface area contributed by atoms with Crippen molar-refractivity contribution >= 4 is 19.7 Å². The number of carbonyl (C=O) groups excluding carboxylic acids is 2. The van der Waals surface area contributed by atoms with E-state index in [1.165, 1.54) is 0 Å². The molecule has 3 N–H and O–H groups in total. The molecule has 49 heavy (non-hydrogen) atoms.